The number of rotatable bonds is 6. The standard InChI is InChI=1S/C19H24N2P.C11H8N.Ir/c1-15(2)20-19(21-16(3)4)22(17-11-7-5-8-12-17)18-13-9-6-10-14-18;1-2-6-10(7-3-1)11-8-4-5-9-12-11;/h5-16H,1-4H3;1-6,8-9H;/q2*-1;/p+1. The van der Waals surface area contributed by atoms with Crippen molar-refractivity contribution in [3.8, 4) is 11.3 Å². The molecule has 0 N–H and O–H groups in total. The molecule has 4 aromatic rings. The van der Waals surface area contributed by atoms with Gasteiger partial charge in [0.25, 0.3) is 0 Å². The van der Waals surface area contributed by atoms with Crippen LogP contribution in [0.25, 0.3) is 16.6 Å². The summed E-state index contributed by atoms with van der Waals surface area (Å²) in [5.74, 6) is 0. The van der Waals surface area contributed by atoms with Gasteiger partial charge < -0.3 is 15.3 Å². The van der Waals surface area contributed by atoms with Crippen molar-refractivity contribution in [1.29, 1.82) is 0 Å². The minimum absolute atomic E-state index is 0. The fourth-order valence-corrected chi connectivity index (χ4v) is 6.04. The molecule has 0 aliphatic rings. The summed E-state index contributed by atoms with van der Waals surface area (Å²) in [6.07, 6.45) is 1.79. The molecule has 3 aromatic carbocycles. The maximum absolute atomic E-state index is 4.87. The van der Waals surface area contributed by atoms with Gasteiger partial charge in [0.2, 0.25) is 0 Å². The number of aromatic nitrogens is 1. The molecule has 1 radical (unpaired) electrons. The first-order valence-electron chi connectivity index (χ1n) is 11.7. The van der Waals surface area contributed by atoms with Gasteiger partial charge in [-0.05, 0) is 48.1 Å². The molecule has 4 rings (SSSR count). The van der Waals surface area contributed by atoms with E-state index >= 15 is 0 Å². The molecular weight excluding hydrogens is 626 g/mol. The largest absolute Gasteiger partial charge is 0.431 e. The van der Waals surface area contributed by atoms with E-state index in [9.17, 15) is 0 Å². The smallest absolute Gasteiger partial charge is 0.101 e. The van der Waals surface area contributed by atoms with E-state index in [4.69, 9.17) is 10.3 Å². The number of aliphatic imine (C=N–C) groups is 1. The first kappa shape index (κ1) is 28.6. The summed E-state index contributed by atoms with van der Waals surface area (Å²) in [7, 11) is -1.15. The van der Waals surface area contributed by atoms with E-state index in [0.29, 0.717) is 0 Å². The van der Waals surface area contributed by atoms with E-state index in [2.05, 4.69) is 99.4 Å². The third kappa shape index (κ3) is 9.49. The Morgan fingerprint density at radius 1 is 0.771 bits per heavy atom. The monoisotopic (exact) mass is 659 g/mol. The Hall–Kier alpha value is -2.64. The zero-order valence-electron chi connectivity index (χ0n) is 20.7. The van der Waals surface area contributed by atoms with Crippen LogP contribution in [0, 0.1) is 6.07 Å². The first-order chi connectivity index (χ1) is 16.5. The second-order valence-electron chi connectivity index (χ2n) is 8.37. The molecule has 0 amide bonds. The Morgan fingerprint density at radius 2 is 1.34 bits per heavy atom. The van der Waals surface area contributed by atoms with Crippen molar-refractivity contribution < 1.29 is 20.1 Å². The topological polar surface area (TPSA) is 39.4 Å². The zero-order chi connectivity index (χ0) is 24.2. The Labute approximate surface area is 225 Å². The van der Waals surface area contributed by atoms with Gasteiger partial charge in [0, 0.05) is 26.3 Å². The van der Waals surface area contributed by atoms with Crippen LogP contribution in [0.5, 0.6) is 0 Å². The fraction of sp³-hybridized carbons (Fsp3) is 0.200. The number of amidine groups is 1. The van der Waals surface area contributed by atoms with Gasteiger partial charge >= 0.3 is 0 Å². The number of hydrogen-bond acceptors (Lipinski definition) is 2. The predicted molar refractivity (Wildman–Crippen MR) is 150 cm³/mol. The fourth-order valence-electron chi connectivity index (χ4n) is 3.36. The third-order valence-electron chi connectivity index (χ3n) is 4.76. The molecule has 35 heavy (non-hydrogen) atoms. The number of hydrogen-bond donors (Lipinski definition) is 0. The van der Waals surface area contributed by atoms with Crippen LogP contribution in [0.4, 0.5) is 0 Å². The number of benzene rings is 3. The maximum atomic E-state index is 4.87. The second kappa shape index (κ2) is 15.4. The molecule has 0 bridgehead atoms. The van der Waals surface area contributed by atoms with Crippen LogP contribution in [0.15, 0.2) is 114 Å². The second-order valence-corrected chi connectivity index (χ2v) is 10.7. The van der Waals surface area contributed by atoms with Crippen molar-refractivity contribution in [2.24, 2.45) is 4.99 Å². The molecule has 0 saturated heterocycles. The molecule has 183 valence electrons. The van der Waals surface area contributed by atoms with Crippen LogP contribution in [0.1, 0.15) is 27.7 Å². The molecule has 0 fully saturated rings. The maximum Gasteiger partial charge on any atom is 0.101 e. The molecule has 5 heteroatoms. The van der Waals surface area contributed by atoms with Crippen molar-refractivity contribution in [2.45, 2.75) is 39.8 Å². The van der Waals surface area contributed by atoms with E-state index in [1.54, 1.807) is 6.20 Å². The van der Waals surface area contributed by atoms with Gasteiger partial charge in [0.15, 0.2) is 0 Å². The van der Waals surface area contributed by atoms with Crippen molar-refractivity contribution in [3.05, 3.63) is 121 Å². The van der Waals surface area contributed by atoms with E-state index in [-0.39, 0.29) is 32.2 Å². The van der Waals surface area contributed by atoms with Crippen molar-refractivity contribution in [3.63, 3.8) is 0 Å². The van der Waals surface area contributed by atoms with Gasteiger partial charge in [-0.3, -0.25) is 0 Å². The van der Waals surface area contributed by atoms with Gasteiger partial charge in [-0.1, -0.05) is 76.2 Å². The average Bonchev–Trinajstić information content (AvgIpc) is 2.86. The van der Waals surface area contributed by atoms with Crippen molar-refractivity contribution in [1.82, 2.24) is 4.98 Å². The van der Waals surface area contributed by atoms with Crippen molar-refractivity contribution >= 4 is 24.1 Å². The van der Waals surface area contributed by atoms with Crippen LogP contribution in [-0.4, -0.2) is 22.6 Å². The minimum atomic E-state index is -1.15. The van der Waals surface area contributed by atoms with E-state index in [1.807, 2.05) is 42.5 Å². The molecule has 1 aromatic heterocycles. The summed E-state index contributed by atoms with van der Waals surface area (Å²) in [6.45, 7) is 8.47. The summed E-state index contributed by atoms with van der Waals surface area (Å²) in [4.78, 5) is 9.08. The van der Waals surface area contributed by atoms with Gasteiger partial charge in [0.1, 0.15) is 10.6 Å². The molecule has 0 aliphatic carbocycles. The average molecular weight is 659 g/mol. The van der Waals surface area contributed by atoms with Gasteiger partial charge in [-0.2, -0.15) is 0 Å². The van der Waals surface area contributed by atoms with Crippen LogP contribution < -0.4 is 10.6 Å². The number of nitrogens with zero attached hydrogens (tertiary/aromatic N) is 3. The van der Waals surface area contributed by atoms with Crippen molar-refractivity contribution in [2.75, 3.05) is 0 Å². The Kier molecular flexibility index (Phi) is 12.6. The summed E-state index contributed by atoms with van der Waals surface area (Å²) in [5.41, 5.74) is 3.03. The van der Waals surface area contributed by atoms with E-state index in [1.165, 1.54) is 10.6 Å². The zero-order valence-corrected chi connectivity index (χ0v) is 24.1. The van der Waals surface area contributed by atoms with Gasteiger partial charge in [0.05, 0.1) is 13.5 Å². The van der Waals surface area contributed by atoms with Crippen LogP contribution in [0.3, 0.4) is 0 Å². The van der Waals surface area contributed by atoms with E-state index in [0.717, 1.165) is 16.8 Å². The van der Waals surface area contributed by atoms with Crippen LogP contribution >= 0.6 is 7.92 Å². The predicted octanol–water partition coefficient (Wildman–Crippen LogP) is 6.94. The third-order valence-corrected chi connectivity index (χ3v) is 7.29. The summed E-state index contributed by atoms with van der Waals surface area (Å²) < 4.78 is 0. The molecule has 0 atom stereocenters. The molecular formula is C30H33IrN3P-. The van der Waals surface area contributed by atoms with Gasteiger partial charge in [-0.25, -0.2) is 0 Å². The Morgan fingerprint density at radius 3 is 1.80 bits per heavy atom. The molecule has 3 nitrogen and oxygen atoms in total. The molecule has 0 spiro atoms. The normalized spacial score (nSPS) is 11.0. The number of pyridine rings is 1. The Balaban J connectivity index is 0.000000280. The molecule has 0 aliphatic heterocycles. The molecule has 1 heterocycles. The quantitative estimate of drug-likeness (QED) is 0.0958. The summed E-state index contributed by atoms with van der Waals surface area (Å²) in [6, 6.07) is 38.7. The van der Waals surface area contributed by atoms with Crippen LogP contribution in [-0.2, 0) is 20.1 Å². The van der Waals surface area contributed by atoms with E-state index < -0.39 is 7.92 Å². The van der Waals surface area contributed by atoms with Gasteiger partial charge in [-0.15, -0.1) is 35.9 Å². The molecule has 0 unspecified atom stereocenters. The first-order valence-corrected chi connectivity index (χ1v) is 13.2. The van der Waals surface area contributed by atoms with Crippen LogP contribution in [0.2, 0.25) is 0 Å². The SMILES string of the molecule is CC(C)N=C([N-]C(C)C)[PH+](c1ccccc1)c1ccccc1.[Ir].[c-]1ccccc1-c1ccccn1. The Bertz CT molecular complexity index is 1040. The molecule has 0 saturated carbocycles. The summed E-state index contributed by atoms with van der Waals surface area (Å²) >= 11 is 0. The summed E-state index contributed by atoms with van der Waals surface area (Å²) in [5, 5.41) is 7.54. The minimum Gasteiger partial charge on any atom is -0.431 e.